The Bertz CT molecular complexity index is 610. The maximum Gasteiger partial charge on any atom is 0.163 e. The van der Waals surface area contributed by atoms with E-state index in [1.807, 2.05) is 54.6 Å². The van der Waals surface area contributed by atoms with Crippen molar-refractivity contribution in [3.63, 3.8) is 0 Å². The van der Waals surface area contributed by atoms with Crippen LogP contribution in [0.15, 0.2) is 54.6 Å². The van der Waals surface area contributed by atoms with Crippen LogP contribution in [0.4, 0.5) is 0 Å². The van der Waals surface area contributed by atoms with Gasteiger partial charge in [-0.05, 0) is 35.7 Å². The Labute approximate surface area is 138 Å². The monoisotopic (exact) mass is 308 g/mol. The molecule has 0 unspecified atom stereocenters. The number of ether oxygens (including phenoxy) is 1. The summed E-state index contributed by atoms with van der Waals surface area (Å²) < 4.78 is 5.77. The van der Waals surface area contributed by atoms with Crippen LogP contribution >= 0.6 is 0 Å². The summed E-state index contributed by atoms with van der Waals surface area (Å²) in [6.07, 6.45) is 7.02. The number of benzene rings is 2. The summed E-state index contributed by atoms with van der Waals surface area (Å²) >= 11 is 0. The predicted molar refractivity (Wildman–Crippen MR) is 92.7 cm³/mol. The molecule has 0 spiro atoms. The van der Waals surface area contributed by atoms with Crippen LogP contribution in [0.5, 0.6) is 5.75 Å². The van der Waals surface area contributed by atoms with Crippen LogP contribution in [-0.4, -0.2) is 5.78 Å². The lowest BCUT2D eigenvalue weighted by atomic mass is 9.85. The fourth-order valence-corrected chi connectivity index (χ4v) is 3.25. The van der Waals surface area contributed by atoms with Gasteiger partial charge in [0.1, 0.15) is 12.4 Å². The molecule has 0 aromatic heterocycles. The van der Waals surface area contributed by atoms with E-state index in [1.54, 1.807) is 0 Å². The van der Waals surface area contributed by atoms with Crippen molar-refractivity contribution in [2.75, 3.05) is 0 Å². The highest BCUT2D eigenvalue weighted by atomic mass is 16.5. The second-order valence-corrected chi connectivity index (χ2v) is 6.43. The number of carbonyl (C=O) groups excluding carboxylic acids is 1. The van der Waals surface area contributed by atoms with Crippen LogP contribution in [0.1, 0.15) is 54.4 Å². The average molecular weight is 308 g/mol. The van der Waals surface area contributed by atoms with Gasteiger partial charge in [0.2, 0.25) is 0 Å². The first-order valence-electron chi connectivity index (χ1n) is 8.61. The van der Waals surface area contributed by atoms with Crippen LogP contribution in [-0.2, 0) is 6.61 Å². The van der Waals surface area contributed by atoms with Crippen molar-refractivity contribution in [2.24, 2.45) is 5.92 Å². The van der Waals surface area contributed by atoms with Gasteiger partial charge in [0, 0.05) is 12.0 Å². The summed E-state index contributed by atoms with van der Waals surface area (Å²) in [5.74, 6) is 1.67. The number of hydrogen-bond acceptors (Lipinski definition) is 2. The van der Waals surface area contributed by atoms with E-state index in [9.17, 15) is 4.79 Å². The van der Waals surface area contributed by atoms with E-state index in [1.165, 1.54) is 32.1 Å². The van der Waals surface area contributed by atoms with Crippen LogP contribution in [0.25, 0.3) is 0 Å². The highest BCUT2D eigenvalue weighted by molar-refractivity contribution is 5.96. The first-order valence-corrected chi connectivity index (χ1v) is 8.61. The zero-order valence-electron chi connectivity index (χ0n) is 13.5. The number of hydrogen-bond donors (Lipinski definition) is 0. The van der Waals surface area contributed by atoms with Crippen LogP contribution in [0.2, 0.25) is 0 Å². The zero-order chi connectivity index (χ0) is 15.9. The molecule has 23 heavy (non-hydrogen) atoms. The molecule has 2 aromatic carbocycles. The Hall–Kier alpha value is -2.09. The molecule has 1 aliphatic rings. The number of Topliss-reactive ketones (excluding diaryl/α,β-unsaturated/α-hetero) is 1. The molecule has 0 radical (unpaired) electrons. The molecule has 1 fully saturated rings. The quantitative estimate of drug-likeness (QED) is 0.666. The number of rotatable bonds is 6. The molecule has 0 N–H and O–H groups in total. The van der Waals surface area contributed by atoms with Gasteiger partial charge in [0.15, 0.2) is 5.78 Å². The molecule has 0 atom stereocenters. The Morgan fingerprint density at radius 1 is 0.913 bits per heavy atom. The lowest BCUT2D eigenvalue weighted by molar-refractivity contribution is 0.0950. The molecule has 0 bridgehead atoms. The molecule has 1 saturated carbocycles. The number of carbonyl (C=O) groups is 1. The summed E-state index contributed by atoms with van der Waals surface area (Å²) in [6, 6.07) is 17.7. The zero-order valence-corrected chi connectivity index (χ0v) is 13.5. The van der Waals surface area contributed by atoms with Gasteiger partial charge in [-0.2, -0.15) is 0 Å². The predicted octanol–water partition coefficient (Wildman–Crippen LogP) is 5.42. The van der Waals surface area contributed by atoms with Crippen molar-refractivity contribution < 1.29 is 9.53 Å². The lowest BCUT2D eigenvalue weighted by Crippen LogP contribution is -2.12. The summed E-state index contributed by atoms with van der Waals surface area (Å²) in [5, 5.41) is 0. The second kappa shape index (κ2) is 7.96. The summed E-state index contributed by atoms with van der Waals surface area (Å²) in [4.78, 5) is 12.4. The maximum absolute atomic E-state index is 12.4. The fourth-order valence-electron chi connectivity index (χ4n) is 3.25. The van der Waals surface area contributed by atoms with Gasteiger partial charge in [-0.3, -0.25) is 4.79 Å². The summed E-state index contributed by atoms with van der Waals surface area (Å²) in [7, 11) is 0. The molecular weight excluding hydrogens is 284 g/mol. The molecule has 2 heteroatoms. The van der Waals surface area contributed by atoms with Gasteiger partial charge in [-0.1, -0.05) is 62.4 Å². The minimum absolute atomic E-state index is 0.270. The van der Waals surface area contributed by atoms with Crippen molar-refractivity contribution in [1.82, 2.24) is 0 Å². The molecule has 3 rings (SSSR count). The highest BCUT2D eigenvalue weighted by Gasteiger charge is 2.17. The second-order valence-electron chi connectivity index (χ2n) is 6.43. The van der Waals surface area contributed by atoms with Gasteiger partial charge in [-0.15, -0.1) is 0 Å². The number of ketones is 1. The maximum atomic E-state index is 12.4. The molecule has 0 amide bonds. The highest BCUT2D eigenvalue weighted by Crippen LogP contribution is 2.27. The molecule has 0 heterocycles. The van der Waals surface area contributed by atoms with Crippen LogP contribution in [0.3, 0.4) is 0 Å². The normalized spacial score (nSPS) is 15.3. The van der Waals surface area contributed by atoms with Gasteiger partial charge in [0.25, 0.3) is 0 Å². The Kier molecular flexibility index (Phi) is 5.46. The Morgan fingerprint density at radius 2 is 1.61 bits per heavy atom. The minimum Gasteiger partial charge on any atom is -0.489 e. The molecule has 2 aromatic rings. The Morgan fingerprint density at radius 3 is 2.30 bits per heavy atom. The van der Waals surface area contributed by atoms with E-state index in [0.29, 0.717) is 18.9 Å². The topological polar surface area (TPSA) is 26.3 Å². The van der Waals surface area contributed by atoms with Gasteiger partial charge in [-0.25, -0.2) is 0 Å². The van der Waals surface area contributed by atoms with Crippen molar-refractivity contribution in [3.8, 4) is 5.75 Å². The van der Waals surface area contributed by atoms with Crippen molar-refractivity contribution in [1.29, 1.82) is 0 Å². The third-order valence-corrected chi connectivity index (χ3v) is 4.62. The van der Waals surface area contributed by atoms with Crippen LogP contribution < -0.4 is 4.74 Å². The largest absolute Gasteiger partial charge is 0.489 e. The van der Waals surface area contributed by atoms with Crippen molar-refractivity contribution in [2.45, 2.75) is 45.1 Å². The molecule has 2 nitrogen and oxygen atoms in total. The van der Waals surface area contributed by atoms with E-state index in [-0.39, 0.29) is 5.78 Å². The summed E-state index contributed by atoms with van der Waals surface area (Å²) in [6.45, 7) is 0.552. The Balaban J connectivity index is 1.52. The molecule has 1 aliphatic carbocycles. The van der Waals surface area contributed by atoms with Gasteiger partial charge < -0.3 is 4.74 Å². The first-order chi connectivity index (χ1) is 11.3. The van der Waals surface area contributed by atoms with E-state index in [0.717, 1.165) is 16.9 Å². The standard InChI is InChI=1S/C21H24O2/c22-21(15-17-7-3-1-4-8-17)19-11-13-20(14-12-19)23-16-18-9-5-2-6-10-18/h2,5-6,9-14,17H,1,3-4,7-8,15-16H2. The van der Waals surface area contributed by atoms with E-state index in [2.05, 4.69) is 0 Å². The van der Waals surface area contributed by atoms with Crippen molar-refractivity contribution in [3.05, 3.63) is 65.7 Å². The average Bonchev–Trinajstić information content (AvgIpc) is 2.62. The third-order valence-electron chi connectivity index (χ3n) is 4.62. The summed E-state index contributed by atoms with van der Waals surface area (Å²) in [5.41, 5.74) is 1.95. The minimum atomic E-state index is 0.270. The SMILES string of the molecule is O=C(CC1CCCCC1)c1ccc(OCc2ccccc2)cc1. The molecule has 0 saturated heterocycles. The van der Waals surface area contributed by atoms with Crippen molar-refractivity contribution >= 4 is 5.78 Å². The fraction of sp³-hybridized carbons (Fsp3) is 0.381. The molecule has 0 aliphatic heterocycles. The molecular formula is C21H24O2. The smallest absolute Gasteiger partial charge is 0.163 e. The molecule has 120 valence electrons. The van der Waals surface area contributed by atoms with Gasteiger partial charge in [0.05, 0.1) is 0 Å². The van der Waals surface area contributed by atoms with Gasteiger partial charge >= 0.3 is 0 Å². The van der Waals surface area contributed by atoms with E-state index in [4.69, 9.17) is 4.74 Å². The van der Waals surface area contributed by atoms with Crippen LogP contribution in [0, 0.1) is 5.92 Å². The van der Waals surface area contributed by atoms with E-state index >= 15 is 0 Å². The third kappa shape index (κ3) is 4.69. The lowest BCUT2D eigenvalue weighted by Gasteiger charge is -2.20. The first kappa shape index (κ1) is 15.8. The van der Waals surface area contributed by atoms with E-state index < -0.39 is 0 Å².